The van der Waals surface area contributed by atoms with Crippen molar-refractivity contribution in [3.05, 3.63) is 76.4 Å². The summed E-state index contributed by atoms with van der Waals surface area (Å²) in [5.41, 5.74) is 3.06. The largest absolute Gasteiger partial charge is 0.496 e. The SMILES string of the molecule is COc1ccccc1CCNC(=O)c1ccc(Nc2cccc(Cl)c2C)nn1. The van der Waals surface area contributed by atoms with Crippen molar-refractivity contribution in [2.75, 3.05) is 19.0 Å². The van der Waals surface area contributed by atoms with Crippen LogP contribution >= 0.6 is 11.6 Å². The standard InChI is InChI=1S/C21H21ClN4O2/c1-14-16(22)7-5-8-17(14)24-20-11-10-18(25-26-20)21(27)23-13-12-15-6-3-4-9-19(15)28-2/h3-11H,12-13H2,1-2H3,(H,23,27)(H,24,26). The first kappa shape index (κ1) is 19.6. The van der Waals surface area contributed by atoms with Crippen molar-refractivity contribution >= 4 is 29.0 Å². The van der Waals surface area contributed by atoms with Gasteiger partial charge in [-0.2, -0.15) is 0 Å². The van der Waals surface area contributed by atoms with E-state index in [9.17, 15) is 4.79 Å². The monoisotopic (exact) mass is 396 g/mol. The number of amides is 1. The molecule has 0 unspecified atom stereocenters. The highest BCUT2D eigenvalue weighted by atomic mass is 35.5. The summed E-state index contributed by atoms with van der Waals surface area (Å²) in [6.07, 6.45) is 0.664. The smallest absolute Gasteiger partial charge is 0.271 e. The lowest BCUT2D eigenvalue weighted by molar-refractivity contribution is 0.0948. The van der Waals surface area contributed by atoms with E-state index >= 15 is 0 Å². The normalized spacial score (nSPS) is 10.4. The molecule has 0 saturated carbocycles. The van der Waals surface area contributed by atoms with Crippen molar-refractivity contribution < 1.29 is 9.53 Å². The minimum atomic E-state index is -0.270. The van der Waals surface area contributed by atoms with Crippen molar-refractivity contribution in [1.82, 2.24) is 15.5 Å². The number of methoxy groups -OCH3 is 1. The molecule has 0 spiro atoms. The average Bonchev–Trinajstić information content (AvgIpc) is 2.72. The zero-order valence-electron chi connectivity index (χ0n) is 15.7. The van der Waals surface area contributed by atoms with Crippen LogP contribution in [-0.4, -0.2) is 29.8 Å². The third-order valence-electron chi connectivity index (χ3n) is 4.30. The third-order valence-corrected chi connectivity index (χ3v) is 4.71. The van der Waals surface area contributed by atoms with Gasteiger partial charge in [0.05, 0.1) is 7.11 Å². The molecule has 2 aromatic carbocycles. The fraction of sp³-hybridized carbons (Fsp3) is 0.190. The molecule has 0 aliphatic rings. The van der Waals surface area contributed by atoms with Gasteiger partial charge in [-0.05, 0) is 54.8 Å². The van der Waals surface area contributed by atoms with E-state index in [4.69, 9.17) is 16.3 Å². The van der Waals surface area contributed by atoms with Crippen LogP contribution in [0.5, 0.6) is 5.75 Å². The van der Waals surface area contributed by atoms with Crippen molar-refractivity contribution in [3.8, 4) is 5.75 Å². The highest BCUT2D eigenvalue weighted by Gasteiger charge is 2.10. The Balaban J connectivity index is 1.57. The Morgan fingerprint density at radius 2 is 1.89 bits per heavy atom. The van der Waals surface area contributed by atoms with Gasteiger partial charge in [0.1, 0.15) is 5.75 Å². The number of hydrogen-bond donors (Lipinski definition) is 2. The first-order valence-electron chi connectivity index (χ1n) is 8.84. The Kier molecular flexibility index (Phi) is 6.45. The number of halogens is 1. The maximum Gasteiger partial charge on any atom is 0.271 e. The maximum atomic E-state index is 12.3. The summed E-state index contributed by atoms with van der Waals surface area (Å²) < 4.78 is 5.31. The number of rotatable bonds is 7. The first-order valence-corrected chi connectivity index (χ1v) is 9.22. The number of aromatic nitrogens is 2. The van der Waals surface area contributed by atoms with Crippen LogP contribution in [-0.2, 0) is 6.42 Å². The number of carbonyl (C=O) groups is 1. The Labute approximate surface area is 168 Å². The van der Waals surface area contributed by atoms with Gasteiger partial charge in [-0.3, -0.25) is 4.79 Å². The summed E-state index contributed by atoms with van der Waals surface area (Å²) in [5.74, 6) is 1.08. The molecule has 2 N–H and O–H groups in total. The Bertz CT molecular complexity index is 961. The molecule has 0 bridgehead atoms. The molecular formula is C21H21ClN4O2. The molecule has 144 valence electrons. The number of nitrogens with one attached hydrogen (secondary N) is 2. The van der Waals surface area contributed by atoms with E-state index < -0.39 is 0 Å². The van der Waals surface area contributed by atoms with E-state index in [-0.39, 0.29) is 11.6 Å². The molecule has 0 aliphatic carbocycles. The van der Waals surface area contributed by atoms with Gasteiger partial charge in [-0.15, -0.1) is 10.2 Å². The number of nitrogens with zero attached hydrogens (tertiary/aromatic N) is 2. The lowest BCUT2D eigenvalue weighted by Crippen LogP contribution is -2.26. The lowest BCUT2D eigenvalue weighted by atomic mass is 10.1. The van der Waals surface area contributed by atoms with E-state index in [0.717, 1.165) is 22.6 Å². The van der Waals surface area contributed by atoms with Crippen LogP contribution in [0.15, 0.2) is 54.6 Å². The molecule has 0 aliphatic heterocycles. The van der Waals surface area contributed by atoms with E-state index in [2.05, 4.69) is 20.8 Å². The molecule has 6 nitrogen and oxygen atoms in total. The highest BCUT2D eigenvalue weighted by Crippen LogP contribution is 2.25. The number of anilines is 2. The molecule has 0 radical (unpaired) electrons. The molecule has 1 amide bonds. The molecule has 7 heteroatoms. The minimum Gasteiger partial charge on any atom is -0.496 e. The molecule has 0 saturated heterocycles. The van der Waals surface area contributed by atoms with Crippen LogP contribution in [0, 0.1) is 6.92 Å². The Morgan fingerprint density at radius 1 is 1.07 bits per heavy atom. The van der Waals surface area contributed by atoms with Gasteiger partial charge in [-0.25, -0.2) is 0 Å². The number of ether oxygens (including phenoxy) is 1. The van der Waals surface area contributed by atoms with Gasteiger partial charge in [0.15, 0.2) is 11.5 Å². The molecule has 1 heterocycles. The van der Waals surface area contributed by atoms with Crippen molar-refractivity contribution in [3.63, 3.8) is 0 Å². The lowest BCUT2D eigenvalue weighted by Gasteiger charge is -2.10. The van der Waals surface area contributed by atoms with Crippen LogP contribution in [0.3, 0.4) is 0 Å². The highest BCUT2D eigenvalue weighted by molar-refractivity contribution is 6.31. The minimum absolute atomic E-state index is 0.258. The molecule has 28 heavy (non-hydrogen) atoms. The Hall–Kier alpha value is -3.12. The van der Waals surface area contributed by atoms with Gasteiger partial charge in [0.2, 0.25) is 0 Å². The van der Waals surface area contributed by atoms with E-state index in [1.807, 2.05) is 49.4 Å². The topological polar surface area (TPSA) is 76.1 Å². The van der Waals surface area contributed by atoms with Gasteiger partial charge in [-0.1, -0.05) is 35.9 Å². The van der Waals surface area contributed by atoms with Gasteiger partial charge >= 0.3 is 0 Å². The van der Waals surface area contributed by atoms with Gasteiger partial charge in [0.25, 0.3) is 5.91 Å². The number of hydrogen-bond acceptors (Lipinski definition) is 5. The van der Waals surface area contributed by atoms with Crippen molar-refractivity contribution in [2.24, 2.45) is 0 Å². The molecular weight excluding hydrogens is 376 g/mol. The molecule has 1 aromatic heterocycles. The maximum absolute atomic E-state index is 12.3. The van der Waals surface area contributed by atoms with E-state index in [1.165, 1.54) is 0 Å². The van der Waals surface area contributed by atoms with Gasteiger partial charge < -0.3 is 15.4 Å². The first-order chi connectivity index (χ1) is 13.6. The summed E-state index contributed by atoms with van der Waals surface area (Å²) in [4.78, 5) is 12.3. The predicted molar refractivity (Wildman–Crippen MR) is 111 cm³/mol. The van der Waals surface area contributed by atoms with E-state index in [1.54, 1.807) is 19.2 Å². The third kappa shape index (κ3) is 4.78. The average molecular weight is 397 g/mol. The van der Waals surface area contributed by atoms with Crippen LogP contribution in [0.25, 0.3) is 0 Å². The van der Waals surface area contributed by atoms with E-state index in [0.29, 0.717) is 23.8 Å². The predicted octanol–water partition coefficient (Wildman–Crippen LogP) is 4.16. The van der Waals surface area contributed by atoms with Crippen LogP contribution in [0.2, 0.25) is 5.02 Å². The van der Waals surface area contributed by atoms with Crippen LogP contribution in [0.1, 0.15) is 21.6 Å². The second kappa shape index (κ2) is 9.19. The van der Waals surface area contributed by atoms with Crippen LogP contribution < -0.4 is 15.4 Å². The fourth-order valence-electron chi connectivity index (χ4n) is 2.71. The molecule has 3 aromatic rings. The van der Waals surface area contributed by atoms with Crippen LogP contribution in [0.4, 0.5) is 11.5 Å². The Morgan fingerprint density at radius 3 is 2.64 bits per heavy atom. The van der Waals surface area contributed by atoms with Crippen molar-refractivity contribution in [1.29, 1.82) is 0 Å². The number of benzene rings is 2. The quantitative estimate of drug-likeness (QED) is 0.627. The summed E-state index contributed by atoms with van der Waals surface area (Å²) in [6.45, 7) is 2.39. The second-order valence-electron chi connectivity index (χ2n) is 6.16. The second-order valence-corrected chi connectivity index (χ2v) is 6.57. The zero-order valence-corrected chi connectivity index (χ0v) is 16.5. The molecule has 0 atom stereocenters. The molecule has 3 rings (SSSR count). The zero-order chi connectivity index (χ0) is 19.9. The summed E-state index contributed by atoms with van der Waals surface area (Å²) >= 11 is 6.12. The molecule has 0 fully saturated rings. The number of carbonyl (C=O) groups excluding carboxylic acids is 1. The van der Waals surface area contributed by atoms with Gasteiger partial charge in [0, 0.05) is 17.3 Å². The fourth-order valence-corrected chi connectivity index (χ4v) is 2.89. The van der Waals surface area contributed by atoms with Crippen molar-refractivity contribution in [2.45, 2.75) is 13.3 Å². The summed E-state index contributed by atoms with van der Waals surface area (Å²) in [7, 11) is 1.63. The summed E-state index contributed by atoms with van der Waals surface area (Å²) in [5, 5.41) is 14.8. The number of para-hydroxylation sites is 1. The summed E-state index contributed by atoms with van der Waals surface area (Å²) in [6, 6.07) is 16.7.